The van der Waals surface area contributed by atoms with Gasteiger partial charge in [0.15, 0.2) is 0 Å². The minimum atomic E-state index is -1.86. The van der Waals surface area contributed by atoms with Gasteiger partial charge in [0.05, 0.1) is 6.61 Å². The number of hydrogen-bond acceptors (Lipinski definition) is 2. The molecule has 0 aliphatic rings. The van der Waals surface area contributed by atoms with Crippen LogP contribution in [0.4, 0.5) is 14.9 Å². The monoisotopic (exact) mass is 418 g/mol. The lowest BCUT2D eigenvalue weighted by Gasteiger charge is -2.26. The minimum absolute atomic E-state index is 0.343. The summed E-state index contributed by atoms with van der Waals surface area (Å²) < 4.78 is 17.3. The third-order valence-electron chi connectivity index (χ3n) is 3.56. The van der Waals surface area contributed by atoms with Gasteiger partial charge in [-0.05, 0) is 55.3 Å². The van der Waals surface area contributed by atoms with E-state index in [-0.39, 0.29) is 0 Å². The maximum absolute atomic E-state index is 13.8. The number of rotatable bonds is 5. The lowest BCUT2D eigenvalue weighted by atomic mass is 10.1. The van der Waals surface area contributed by atoms with Crippen molar-refractivity contribution in [3.05, 3.63) is 59.4 Å². The van der Waals surface area contributed by atoms with Gasteiger partial charge in [-0.3, -0.25) is 0 Å². The van der Waals surface area contributed by atoms with Crippen molar-refractivity contribution in [3.63, 3.8) is 0 Å². The van der Waals surface area contributed by atoms with Crippen molar-refractivity contribution >= 4 is 46.5 Å². The summed E-state index contributed by atoms with van der Waals surface area (Å²) in [7, 11) is 0. The number of alkyl halides is 3. The fraction of sp³-hybridized carbons (Fsp3) is 0.278. The molecule has 0 spiro atoms. The number of carbonyl (C=O) groups is 1. The molecule has 1 atom stereocenters. The standard InChI is InChI=1S/C18H18Cl3FN2O2/c1-3-26-14-8-6-13(7-9-14)23-17(25)24-16(18(19,20)21)12-5-4-11(2)15(22)10-12/h4-10,16H,3H2,1-2H3,(H2,23,24,25). The second-order valence-electron chi connectivity index (χ2n) is 5.54. The lowest BCUT2D eigenvalue weighted by molar-refractivity contribution is 0.248. The predicted octanol–water partition coefficient (Wildman–Crippen LogP) is 5.77. The van der Waals surface area contributed by atoms with E-state index in [2.05, 4.69) is 10.6 Å². The Morgan fingerprint density at radius 1 is 1.19 bits per heavy atom. The molecule has 0 aliphatic carbocycles. The molecule has 0 aliphatic heterocycles. The zero-order valence-electron chi connectivity index (χ0n) is 14.2. The number of carbonyl (C=O) groups excluding carboxylic acids is 1. The van der Waals surface area contributed by atoms with Crippen molar-refractivity contribution in [2.75, 3.05) is 11.9 Å². The fourth-order valence-corrected chi connectivity index (χ4v) is 2.78. The van der Waals surface area contributed by atoms with Gasteiger partial charge in [-0.15, -0.1) is 0 Å². The van der Waals surface area contributed by atoms with Crippen LogP contribution in [-0.2, 0) is 0 Å². The molecule has 0 saturated carbocycles. The van der Waals surface area contributed by atoms with E-state index in [1.54, 1.807) is 43.3 Å². The number of anilines is 1. The third kappa shape index (κ3) is 5.66. The van der Waals surface area contributed by atoms with E-state index < -0.39 is 21.7 Å². The zero-order chi connectivity index (χ0) is 19.3. The smallest absolute Gasteiger partial charge is 0.319 e. The highest BCUT2D eigenvalue weighted by atomic mass is 35.6. The van der Waals surface area contributed by atoms with E-state index in [0.29, 0.717) is 29.2 Å². The van der Waals surface area contributed by atoms with E-state index in [1.165, 1.54) is 6.07 Å². The molecular formula is C18H18Cl3FN2O2. The summed E-state index contributed by atoms with van der Waals surface area (Å²) >= 11 is 17.9. The van der Waals surface area contributed by atoms with Crippen molar-refractivity contribution in [3.8, 4) is 5.75 Å². The Morgan fingerprint density at radius 3 is 2.38 bits per heavy atom. The number of nitrogens with one attached hydrogen (secondary N) is 2. The molecule has 0 saturated heterocycles. The molecule has 0 bridgehead atoms. The van der Waals surface area contributed by atoms with Crippen LogP contribution in [-0.4, -0.2) is 16.4 Å². The van der Waals surface area contributed by atoms with Gasteiger partial charge in [-0.25, -0.2) is 9.18 Å². The summed E-state index contributed by atoms with van der Waals surface area (Å²) in [5.41, 5.74) is 1.33. The quantitative estimate of drug-likeness (QED) is 0.605. The molecule has 1 unspecified atom stereocenters. The molecule has 2 aromatic carbocycles. The summed E-state index contributed by atoms with van der Waals surface area (Å²) in [5, 5.41) is 5.20. The van der Waals surface area contributed by atoms with Gasteiger partial charge in [0.2, 0.25) is 3.79 Å². The topological polar surface area (TPSA) is 50.4 Å². The summed E-state index contributed by atoms with van der Waals surface area (Å²) in [6.45, 7) is 4.05. The second kappa shape index (κ2) is 8.80. The van der Waals surface area contributed by atoms with Gasteiger partial charge in [0.1, 0.15) is 17.6 Å². The van der Waals surface area contributed by atoms with Crippen molar-refractivity contribution in [2.24, 2.45) is 0 Å². The number of halogens is 4. The summed E-state index contributed by atoms with van der Waals surface area (Å²) in [5.74, 6) is 0.239. The molecule has 2 amide bonds. The van der Waals surface area contributed by atoms with Crippen molar-refractivity contribution in [1.82, 2.24) is 5.32 Å². The molecule has 0 fully saturated rings. The molecule has 0 radical (unpaired) electrons. The summed E-state index contributed by atoms with van der Waals surface area (Å²) in [4.78, 5) is 12.3. The Morgan fingerprint density at radius 2 is 1.85 bits per heavy atom. The van der Waals surface area contributed by atoms with E-state index in [4.69, 9.17) is 39.5 Å². The maximum atomic E-state index is 13.8. The Hall–Kier alpha value is -1.69. The lowest BCUT2D eigenvalue weighted by Crippen LogP contribution is -2.39. The van der Waals surface area contributed by atoms with Crippen molar-refractivity contribution in [2.45, 2.75) is 23.7 Å². The summed E-state index contributed by atoms with van der Waals surface area (Å²) in [6.07, 6.45) is 0. The predicted molar refractivity (Wildman–Crippen MR) is 104 cm³/mol. The fourth-order valence-electron chi connectivity index (χ4n) is 2.24. The average molecular weight is 420 g/mol. The molecular weight excluding hydrogens is 402 g/mol. The van der Waals surface area contributed by atoms with Gasteiger partial charge in [0, 0.05) is 5.69 Å². The van der Waals surface area contributed by atoms with Crippen LogP contribution in [0, 0.1) is 12.7 Å². The van der Waals surface area contributed by atoms with E-state index in [0.717, 1.165) is 0 Å². The number of hydrogen-bond donors (Lipinski definition) is 2. The maximum Gasteiger partial charge on any atom is 0.319 e. The normalized spacial score (nSPS) is 12.4. The largest absolute Gasteiger partial charge is 0.494 e. The van der Waals surface area contributed by atoms with Crippen LogP contribution in [0.2, 0.25) is 0 Å². The van der Waals surface area contributed by atoms with Gasteiger partial charge < -0.3 is 15.4 Å². The van der Waals surface area contributed by atoms with Crippen LogP contribution in [0.5, 0.6) is 5.75 Å². The first-order valence-electron chi connectivity index (χ1n) is 7.84. The SMILES string of the molecule is CCOc1ccc(NC(=O)NC(c2ccc(C)c(F)c2)C(Cl)(Cl)Cl)cc1. The Labute approximate surface area is 166 Å². The third-order valence-corrected chi connectivity index (χ3v) is 4.21. The Balaban J connectivity index is 2.12. The van der Waals surface area contributed by atoms with Crippen LogP contribution >= 0.6 is 34.8 Å². The zero-order valence-corrected chi connectivity index (χ0v) is 16.4. The highest BCUT2D eigenvalue weighted by Gasteiger charge is 2.35. The molecule has 0 aromatic heterocycles. The highest BCUT2D eigenvalue weighted by Crippen LogP contribution is 2.40. The van der Waals surface area contributed by atoms with Crippen molar-refractivity contribution < 1.29 is 13.9 Å². The molecule has 0 heterocycles. The molecule has 4 nitrogen and oxygen atoms in total. The Kier molecular flexibility index (Phi) is 6.98. The first-order chi connectivity index (χ1) is 12.2. The van der Waals surface area contributed by atoms with Gasteiger partial charge in [-0.1, -0.05) is 46.9 Å². The first-order valence-corrected chi connectivity index (χ1v) is 8.97. The minimum Gasteiger partial charge on any atom is -0.494 e. The van der Waals surface area contributed by atoms with Crippen LogP contribution in [0.1, 0.15) is 24.1 Å². The van der Waals surface area contributed by atoms with Gasteiger partial charge in [-0.2, -0.15) is 0 Å². The number of ether oxygens (including phenoxy) is 1. The highest BCUT2D eigenvalue weighted by molar-refractivity contribution is 6.68. The first kappa shape index (κ1) is 20.6. The molecule has 26 heavy (non-hydrogen) atoms. The molecule has 2 N–H and O–H groups in total. The number of amides is 2. The number of benzene rings is 2. The van der Waals surface area contributed by atoms with Gasteiger partial charge >= 0.3 is 6.03 Å². The Bertz CT molecular complexity index is 764. The molecule has 2 rings (SSSR count). The van der Waals surface area contributed by atoms with E-state index in [1.807, 2.05) is 6.92 Å². The van der Waals surface area contributed by atoms with E-state index in [9.17, 15) is 9.18 Å². The van der Waals surface area contributed by atoms with E-state index >= 15 is 0 Å². The summed E-state index contributed by atoms with van der Waals surface area (Å²) in [6, 6.07) is 9.57. The van der Waals surface area contributed by atoms with Crippen LogP contribution in [0.25, 0.3) is 0 Å². The van der Waals surface area contributed by atoms with Gasteiger partial charge in [0.25, 0.3) is 0 Å². The molecule has 2 aromatic rings. The number of urea groups is 1. The van der Waals surface area contributed by atoms with Crippen LogP contribution < -0.4 is 15.4 Å². The van der Waals surface area contributed by atoms with Crippen LogP contribution in [0.3, 0.4) is 0 Å². The average Bonchev–Trinajstić information content (AvgIpc) is 2.56. The molecule has 140 valence electrons. The number of aryl methyl sites for hydroxylation is 1. The van der Waals surface area contributed by atoms with Crippen LogP contribution in [0.15, 0.2) is 42.5 Å². The van der Waals surface area contributed by atoms with Crippen molar-refractivity contribution in [1.29, 1.82) is 0 Å². The molecule has 8 heteroatoms. The second-order valence-corrected chi connectivity index (χ2v) is 7.91.